The Morgan fingerprint density at radius 2 is 1.78 bits per heavy atom. The summed E-state index contributed by atoms with van der Waals surface area (Å²) < 4.78 is 43.9. The molecule has 36 heavy (non-hydrogen) atoms. The van der Waals surface area contributed by atoms with E-state index in [0.717, 1.165) is 17.0 Å². The van der Waals surface area contributed by atoms with Crippen LogP contribution in [-0.2, 0) is 11.0 Å². The molecule has 3 aromatic carbocycles. The zero-order chi connectivity index (χ0) is 25.7. The minimum atomic E-state index is -4.52. The van der Waals surface area contributed by atoms with Crippen LogP contribution in [0.2, 0.25) is 0 Å². The van der Waals surface area contributed by atoms with Crippen molar-refractivity contribution in [1.82, 2.24) is 10.1 Å². The average molecular weight is 492 g/mol. The first-order valence-electron chi connectivity index (χ1n) is 10.6. The maximum absolute atomic E-state index is 13.0. The van der Waals surface area contributed by atoms with Crippen LogP contribution < -0.4 is 10.2 Å². The summed E-state index contributed by atoms with van der Waals surface area (Å²) in [6, 6.07) is 17.9. The van der Waals surface area contributed by atoms with Gasteiger partial charge in [0.1, 0.15) is 0 Å². The Labute approximate surface area is 203 Å². The van der Waals surface area contributed by atoms with E-state index in [0.29, 0.717) is 22.6 Å². The highest BCUT2D eigenvalue weighted by Crippen LogP contribution is 2.31. The SMILES string of the molecule is CN(C(=O)c1cccc(/C=C/C(=O)Nc2ccccc2-c2ncon2)c1)c1cccc(C(F)(F)F)c1. The summed E-state index contributed by atoms with van der Waals surface area (Å²) in [6.45, 7) is 0. The van der Waals surface area contributed by atoms with Gasteiger partial charge in [0.25, 0.3) is 5.91 Å². The van der Waals surface area contributed by atoms with E-state index in [1.807, 2.05) is 0 Å². The highest BCUT2D eigenvalue weighted by molar-refractivity contribution is 6.07. The van der Waals surface area contributed by atoms with Gasteiger partial charge in [0, 0.05) is 29.9 Å². The van der Waals surface area contributed by atoms with Crippen LogP contribution >= 0.6 is 0 Å². The van der Waals surface area contributed by atoms with Gasteiger partial charge in [-0.2, -0.15) is 18.2 Å². The fourth-order valence-electron chi connectivity index (χ4n) is 3.40. The molecule has 0 aliphatic carbocycles. The number of para-hydroxylation sites is 1. The maximum Gasteiger partial charge on any atom is 0.416 e. The van der Waals surface area contributed by atoms with Crippen LogP contribution in [0.3, 0.4) is 0 Å². The monoisotopic (exact) mass is 492 g/mol. The molecule has 0 fully saturated rings. The third kappa shape index (κ3) is 5.66. The summed E-state index contributed by atoms with van der Waals surface area (Å²) in [5.74, 6) is -0.599. The lowest BCUT2D eigenvalue weighted by atomic mass is 10.1. The van der Waals surface area contributed by atoms with Crippen LogP contribution in [0.1, 0.15) is 21.5 Å². The number of rotatable bonds is 6. The molecule has 10 heteroatoms. The normalized spacial score (nSPS) is 11.4. The number of aromatic nitrogens is 2. The number of nitrogens with zero attached hydrogens (tertiary/aromatic N) is 3. The molecule has 0 saturated carbocycles. The lowest BCUT2D eigenvalue weighted by Gasteiger charge is -2.19. The number of hydrogen-bond acceptors (Lipinski definition) is 5. The van der Waals surface area contributed by atoms with E-state index in [2.05, 4.69) is 15.5 Å². The highest BCUT2D eigenvalue weighted by atomic mass is 19.4. The third-order valence-electron chi connectivity index (χ3n) is 5.21. The Bertz CT molecular complexity index is 1420. The van der Waals surface area contributed by atoms with E-state index in [4.69, 9.17) is 4.52 Å². The number of halogens is 3. The number of hydrogen-bond donors (Lipinski definition) is 1. The van der Waals surface area contributed by atoms with Gasteiger partial charge < -0.3 is 14.7 Å². The number of amides is 2. The van der Waals surface area contributed by atoms with E-state index >= 15 is 0 Å². The van der Waals surface area contributed by atoms with Crippen LogP contribution in [0.25, 0.3) is 17.5 Å². The first kappa shape index (κ1) is 24.4. The number of benzene rings is 3. The largest absolute Gasteiger partial charge is 0.416 e. The molecule has 0 saturated heterocycles. The molecule has 0 bridgehead atoms. The molecule has 1 heterocycles. The van der Waals surface area contributed by atoms with Crippen molar-refractivity contribution in [2.24, 2.45) is 0 Å². The Hall–Kier alpha value is -4.73. The Balaban J connectivity index is 1.47. The van der Waals surface area contributed by atoms with Crippen molar-refractivity contribution in [2.45, 2.75) is 6.18 Å². The zero-order valence-corrected chi connectivity index (χ0v) is 18.9. The molecular formula is C26H19F3N4O3. The van der Waals surface area contributed by atoms with Gasteiger partial charge in [-0.15, -0.1) is 0 Å². The molecule has 1 N–H and O–H groups in total. The van der Waals surface area contributed by atoms with Crippen molar-refractivity contribution < 1.29 is 27.3 Å². The van der Waals surface area contributed by atoms with Crippen LogP contribution in [0.5, 0.6) is 0 Å². The molecule has 0 aliphatic heterocycles. The molecule has 0 unspecified atom stereocenters. The first-order valence-corrected chi connectivity index (χ1v) is 10.6. The Morgan fingerprint density at radius 3 is 2.53 bits per heavy atom. The number of anilines is 2. The van der Waals surface area contributed by atoms with Gasteiger partial charge in [-0.05, 0) is 54.1 Å². The molecule has 0 spiro atoms. The number of alkyl halides is 3. The number of carbonyl (C=O) groups excluding carboxylic acids is 2. The Morgan fingerprint density at radius 1 is 1.00 bits per heavy atom. The summed E-state index contributed by atoms with van der Waals surface area (Å²) in [7, 11) is 1.40. The Kier molecular flexibility index (Phi) is 6.95. The lowest BCUT2D eigenvalue weighted by molar-refractivity contribution is -0.137. The van der Waals surface area contributed by atoms with E-state index < -0.39 is 23.6 Å². The fraction of sp³-hybridized carbons (Fsp3) is 0.0769. The predicted molar refractivity (Wildman–Crippen MR) is 128 cm³/mol. The van der Waals surface area contributed by atoms with Gasteiger partial charge in [0.15, 0.2) is 0 Å². The van der Waals surface area contributed by atoms with Gasteiger partial charge in [-0.3, -0.25) is 9.59 Å². The second kappa shape index (κ2) is 10.3. The fourth-order valence-corrected chi connectivity index (χ4v) is 3.40. The summed E-state index contributed by atoms with van der Waals surface area (Å²) in [5.41, 5.74) is 1.14. The summed E-state index contributed by atoms with van der Waals surface area (Å²) in [4.78, 5) is 30.5. The van der Waals surface area contributed by atoms with Crippen LogP contribution in [0.4, 0.5) is 24.5 Å². The summed E-state index contributed by atoms with van der Waals surface area (Å²) in [6.07, 6.45) is -0.510. The van der Waals surface area contributed by atoms with Gasteiger partial charge >= 0.3 is 6.18 Å². The van der Waals surface area contributed by atoms with Gasteiger partial charge in [0.05, 0.1) is 11.3 Å². The molecule has 0 aliphatic rings. The molecule has 2 amide bonds. The molecule has 182 valence electrons. The van der Waals surface area contributed by atoms with Crippen molar-refractivity contribution in [3.05, 3.63) is 102 Å². The number of nitrogens with one attached hydrogen (secondary N) is 1. The van der Waals surface area contributed by atoms with Crippen LogP contribution in [-0.4, -0.2) is 29.0 Å². The molecule has 7 nitrogen and oxygen atoms in total. The molecule has 4 rings (SSSR count). The van der Waals surface area contributed by atoms with Crippen molar-refractivity contribution in [2.75, 3.05) is 17.3 Å². The van der Waals surface area contributed by atoms with Crippen LogP contribution in [0, 0.1) is 0 Å². The minimum absolute atomic E-state index is 0.107. The second-order valence-electron chi connectivity index (χ2n) is 7.66. The molecule has 0 atom stereocenters. The standard InChI is InChI=1S/C26H19F3N4O3/c1-33(20-9-5-8-19(15-20)26(27,28)29)25(35)18-7-4-6-17(14-18)12-13-23(34)31-22-11-3-2-10-21(22)24-30-16-36-32-24/h2-16H,1H3,(H,31,34)/b13-12+. The van der Waals surface area contributed by atoms with Crippen molar-refractivity contribution in [1.29, 1.82) is 0 Å². The summed E-state index contributed by atoms with van der Waals surface area (Å²) in [5, 5.41) is 6.53. The van der Waals surface area contributed by atoms with E-state index in [-0.39, 0.29) is 11.3 Å². The first-order chi connectivity index (χ1) is 17.2. The van der Waals surface area contributed by atoms with Gasteiger partial charge in [-0.1, -0.05) is 35.5 Å². The highest BCUT2D eigenvalue weighted by Gasteiger charge is 2.31. The van der Waals surface area contributed by atoms with Crippen molar-refractivity contribution in [3.8, 4) is 11.4 Å². The average Bonchev–Trinajstić information content (AvgIpc) is 3.41. The topological polar surface area (TPSA) is 88.3 Å². The number of carbonyl (C=O) groups is 2. The van der Waals surface area contributed by atoms with Crippen molar-refractivity contribution >= 4 is 29.3 Å². The predicted octanol–water partition coefficient (Wildman–Crippen LogP) is 5.68. The molecule has 0 radical (unpaired) electrons. The second-order valence-corrected chi connectivity index (χ2v) is 7.66. The molecule has 4 aromatic rings. The smallest absolute Gasteiger partial charge is 0.342 e. The molecular weight excluding hydrogens is 473 g/mol. The molecule has 1 aromatic heterocycles. The van der Waals surface area contributed by atoms with E-state index in [9.17, 15) is 22.8 Å². The van der Waals surface area contributed by atoms with Gasteiger partial charge in [-0.25, -0.2) is 0 Å². The third-order valence-corrected chi connectivity index (χ3v) is 5.21. The lowest BCUT2D eigenvalue weighted by Crippen LogP contribution is -2.26. The van der Waals surface area contributed by atoms with Crippen LogP contribution in [0.15, 0.2) is 89.8 Å². The van der Waals surface area contributed by atoms with E-state index in [1.54, 1.807) is 48.5 Å². The van der Waals surface area contributed by atoms with E-state index in [1.165, 1.54) is 37.7 Å². The summed E-state index contributed by atoms with van der Waals surface area (Å²) >= 11 is 0. The zero-order valence-electron chi connectivity index (χ0n) is 18.9. The van der Waals surface area contributed by atoms with Crippen molar-refractivity contribution in [3.63, 3.8) is 0 Å². The minimum Gasteiger partial charge on any atom is -0.342 e. The quantitative estimate of drug-likeness (QED) is 0.350. The maximum atomic E-state index is 13.0. The van der Waals surface area contributed by atoms with Gasteiger partial charge in [0.2, 0.25) is 18.1 Å².